The largest absolute Gasteiger partial charge is 0.460 e. The minimum atomic E-state index is 0.765. The first-order valence-corrected chi connectivity index (χ1v) is 6.09. The Hall–Kier alpha value is -0.990. The van der Waals surface area contributed by atoms with Crippen molar-refractivity contribution in [3.8, 4) is 0 Å². The second-order valence-electron chi connectivity index (χ2n) is 4.38. The van der Waals surface area contributed by atoms with Crippen LogP contribution in [-0.4, -0.2) is 18.0 Å². The summed E-state index contributed by atoms with van der Waals surface area (Å²) in [5, 5.41) is 1.86. The zero-order valence-electron chi connectivity index (χ0n) is 9.08. The molecule has 84 valence electrons. The molecule has 1 fully saturated rings. The summed E-state index contributed by atoms with van der Waals surface area (Å²) in [4.78, 5) is 2.43. The highest BCUT2D eigenvalue weighted by Crippen LogP contribution is 2.24. The molecular weight excluding hydrogens is 222 g/mol. The molecule has 1 aliphatic rings. The fourth-order valence-corrected chi connectivity index (χ4v) is 2.49. The van der Waals surface area contributed by atoms with E-state index in [1.54, 1.807) is 0 Å². The number of halogens is 1. The predicted molar refractivity (Wildman–Crippen MR) is 65.7 cm³/mol. The number of rotatable bonds is 2. The SMILES string of the molecule is Clc1ccc2oc(CN3CCCC3)cc2c1. The molecule has 1 saturated heterocycles. The Bertz CT molecular complexity index is 500. The van der Waals surface area contributed by atoms with Gasteiger partial charge in [-0.2, -0.15) is 0 Å². The predicted octanol–water partition coefficient (Wildman–Crippen LogP) is 3.68. The molecule has 2 aromatic rings. The highest BCUT2D eigenvalue weighted by atomic mass is 35.5. The van der Waals surface area contributed by atoms with Gasteiger partial charge in [0.05, 0.1) is 6.54 Å². The molecule has 1 aromatic heterocycles. The number of benzene rings is 1. The summed E-state index contributed by atoms with van der Waals surface area (Å²) in [6.45, 7) is 3.31. The summed E-state index contributed by atoms with van der Waals surface area (Å²) in [5.74, 6) is 1.04. The van der Waals surface area contributed by atoms with Crippen LogP contribution in [0.4, 0.5) is 0 Å². The molecule has 0 radical (unpaired) electrons. The molecule has 1 aromatic carbocycles. The van der Waals surface area contributed by atoms with E-state index in [9.17, 15) is 0 Å². The lowest BCUT2D eigenvalue weighted by Gasteiger charge is -2.11. The Morgan fingerprint density at radius 3 is 2.81 bits per heavy atom. The van der Waals surface area contributed by atoms with Crippen LogP contribution in [0.2, 0.25) is 5.02 Å². The van der Waals surface area contributed by atoms with Crippen LogP contribution in [0, 0.1) is 0 Å². The minimum Gasteiger partial charge on any atom is -0.460 e. The minimum absolute atomic E-state index is 0.765. The average molecular weight is 236 g/mol. The zero-order valence-corrected chi connectivity index (χ0v) is 9.83. The van der Waals surface area contributed by atoms with Crippen LogP contribution < -0.4 is 0 Å². The van der Waals surface area contributed by atoms with Crippen molar-refractivity contribution in [2.45, 2.75) is 19.4 Å². The van der Waals surface area contributed by atoms with Crippen molar-refractivity contribution in [1.29, 1.82) is 0 Å². The highest BCUT2D eigenvalue weighted by molar-refractivity contribution is 6.31. The van der Waals surface area contributed by atoms with Crippen molar-refractivity contribution in [2.75, 3.05) is 13.1 Å². The lowest BCUT2D eigenvalue weighted by molar-refractivity contribution is 0.302. The fraction of sp³-hybridized carbons (Fsp3) is 0.385. The second-order valence-corrected chi connectivity index (χ2v) is 4.81. The lowest BCUT2D eigenvalue weighted by Crippen LogP contribution is -2.17. The fourth-order valence-electron chi connectivity index (χ4n) is 2.31. The zero-order chi connectivity index (χ0) is 11.0. The third-order valence-electron chi connectivity index (χ3n) is 3.11. The molecule has 0 unspecified atom stereocenters. The van der Waals surface area contributed by atoms with Crippen molar-refractivity contribution in [2.24, 2.45) is 0 Å². The van der Waals surface area contributed by atoms with Gasteiger partial charge in [-0.3, -0.25) is 4.90 Å². The van der Waals surface area contributed by atoms with Crippen molar-refractivity contribution in [3.05, 3.63) is 35.0 Å². The maximum absolute atomic E-state index is 5.95. The van der Waals surface area contributed by atoms with Gasteiger partial charge < -0.3 is 4.42 Å². The van der Waals surface area contributed by atoms with Crippen LogP contribution in [0.25, 0.3) is 11.0 Å². The van der Waals surface area contributed by atoms with Crippen LogP contribution in [0.1, 0.15) is 18.6 Å². The smallest absolute Gasteiger partial charge is 0.134 e. The van der Waals surface area contributed by atoms with Crippen molar-refractivity contribution < 1.29 is 4.42 Å². The van der Waals surface area contributed by atoms with Crippen molar-refractivity contribution in [1.82, 2.24) is 4.90 Å². The summed E-state index contributed by atoms with van der Waals surface area (Å²) in [6, 6.07) is 7.85. The normalized spacial score (nSPS) is 17.3. The molecule has 0 N–H and O–H groups in total. The number of hydrogen-bond donors (Lipinski definition) is 0. The summed E-state index contributed by atoms with van der Waals surface area (Å²) in [5.41, 5.74) is 0.929. The lowest BCUT2D eigenvalue weighted by atomic mass is 10.2. The van der Waals surface area contributed by atoms with Crippen LogP contribution in [-0.2, 0) is 6.54 Å². The summed E-state index contributed by atoms with van der Waals surface area (Å²) >= 11 is 5.95. The Balaban J connectivity index is 1.86. The van der Waals surface area contributed by atoms with Gasteiger partial charge in [0, 0.05) is 10.4 Å². The summed E-state index contributed by atoms with van der Waals surface area (Å²) in [7, 11) is 0. The topological polar surface area (TPSA) is 16.4 Å². The first-order valence-electron chi connectivity index (χ1n) is 5.71. The molecule has 2 heterocycles. The maximum Gasteiger partial charge on any atom is 0.134 e. The van der Waals surface area contributed by atoms with E-state index in [0.717, 1.165) is 28.3 Å². The van der Waals surface area contributed by atoms with Gasteiger partial charge in [0.15, 0.2) is 0 Å². The van der Waals surface area contributed by atoms with E-state index in [4.69, 9.17) is 16.0 Å². The quantitative estimate of drug-likeness (QED) is 0.790. The van der Waals surface area contributed by atoms with E-state index in [0.29, 0.717) is 0 Å². The monoisotopic (exact) mass is 235 g/mol. The van der Waals surface area contributed by atoms with Gasteiger partial charge in [-0.25, -0.2) is 0 Å². The molecule has 2 nitrogen and oxygen atoms in total. The standard InChI is InChI=1S/C13H14ClNO/c14-11-3-4-13-10(7-11)8-12(16-13)9-15-5-1-2-6-15/h3-4,7-8H,1-2,5-6,9H2. The van der Waals surface area contributed by atoms with Gasteiger partial charge in [-0.05, 0) is 50.2 Å². The molecule has 3 heteroatoms. The molecule has 1 aliphatic heterocycles. The van der Waals surface area contributed by atoms with E-state index in [1.807, 2.05) is 18.2 Å². The first-order chi connectivity index (χ1) is 7.81. The van der Waals surface area contributed by atoms with E-state index < -0.39 is 0 Å². The molecule has 0 bridgehead atoms. The van der Waals surface area contributed by atoms with Gasteiger partial charge in [-0.15, -0.1) is 0 Å². The van der Waals surface area contributed by atoms with Crippen molar-refractivity contribution in [3.63, 3.8) is 0 Å². The molecular formula is C13H14ClNO. The molecule has 0 saturated carbocycles. The van der Waals surface area contributed by atoms with E-state index in [2.05, 4.69) is 11.0 Å². The third kappa shape index (κ3) is 1.95. The van der Waals surface area contributed by atoms with Gasteiger partial charge in [-0.1, -0.05) is 11.6 Å². The van der Waals surface area contributed by atoms with E-state index >= 15 is 0 Å². The number of fused-ring (bicyclic) bond motifs is 1. The summed E-state index contributed by atoms with van der Waals surface area (Å²) < 4.78 is 5.78. The summed E-state index contributed by atoms with van der Waals surface area (Å²) in [6.07, 6.45) is 2.62. The Morgan fingerprint density at radius 1 is 1.19 bits per heavy atom. The first kappa shape index (κ1) is 10.2. The van der Waals surface area contributed by atoms with E-state index in [1.165, 1.54) is 25.9 Å². The highest BCUT2D eigenvalue weighted by Gasteiger charge is 2.14. The van der Waals surface area contributed by atoms with Crippen LogP contribution in [0.3, 0.4) is 0 Å². The third-order valence-corrected chi connectivity index (χ3v) is 3.34. The Kier molecular flexibility index (Phi) is 2.62. The number of nitrogens with zero attached hydrogens (tertiary/aromatic N) is 1. The van der Waals surface area contributed by atoms with Crippen LogP contribution in [0.15, 0.2) is 28.7 Å². The number of furan rings is 1. The molecule has 0 atom stereocenters. The second kappa shape index (κ2) is 4.11. The maximum atomic E-state index is 5.95. The molecule has 0 aliphatic carbocycles. The van der Waals surface area contributed by atoms with Gasteiger partial charge >= 0.3 is 0 Å². The molecule has 0 spiro atoms. The van der Waals surface area contributed by atoms with Crippen LogP contribution >= 0.6 is 11.6 Å². The molecule has 16 heavy (non-hydrogen) atoms. The van der Waals surface area contributed by atoms with Gasteiger partial charge in [0.2, 0.25) is 0 Å². The average Bonchev–Trinajstić information content (AvgIpc) is 2.86. The van der Waals surface area contributed by atoms with Gasteiger partial charge in [0.25, 0.3) is 0 Å². The molecule has 3 rings (SSSR count). The van der Waals surface area contributed by atoms with Crippen molar-refractivity contribution >= 4 is 22.6 Å². The van der Waals surface area contributed by atoms with E-state index in [-0.39, 0.29) is 0 Å². The van der Waals surface area contributed by atoms with Gasteiger partial charge in [0.1, 0.15) is 11.3 Å². The van der Waals surface area contributed by atoms with Crippen LogP contribution in [0.5, 0.6) is 0 Å². The number of likely N-dealkylation sites (tertiary alicyclic amines) is 1. The number of hydrogen-bond acceptors (Lipinski definition) is 2. The molecule has 0 amide bonds. The Morgan fingerprint density at radius 2 is 2.00 bits per heavy atom. The Labute approximate surface area is 99.8 Å².